The molecule has 13 nitrogen and oxygen atoms in total. The number of nitrogens with one attached hydrogen (secondary N) is 3. The van der Waals surface area contributed by atoms with E-state index in [1.807, 2.05) is 39.0 Å². The van der Waals surface area contributed by atoms with E-state index in [9.17, 15) is 27.6 Å². The Morgan fingerprint density at radius 1 is 1.08 bits per heavy atom. The lowest BCUT2D eigenvalue weighted by atomic mass is 9.48. The van der Waals surface area contributed by atoms with Crippen molar-refractivity contribution in [2.45, 2.75) is 88.3 Å². The molecule has 268 valence electrons. The van der Waals surface area contributed by atoms with Crippen LogP contribution in [0.2, 0.25) is 0 Å². The van der Waals surface area contributed by atoms with Gasteiger partial charge in [-0.25, -0.2) is 13.4 Å². The number of benzene rings is 1. The van der Waals surface area contributed by atoms with Crippen molar-refractivity contribution >= 4 is 44.4 Å². The number of hydrogen-bond acceptors (Lipinski definition) is 9. The summed E-state index contributed by atoms with van der Waals surface area (Å²) in [6, 6.07) is 5.28. The Bertz CT molecular complexity index is 1860. The summed E-state index contributed by atoms with van der Waals surface area (Å²) in [5.41, 5.74) is -2.22. The molecule has 0 radical (unpaired) electrons. The quantitative estimate of drug-likeness (QED) is 0.280. The van der Waals surface area contributed by atoms with Gasteiger partial charge >= 0.3 is 0 Å². The summed E-state index contributed by atoms with van der Waals surface area (Å²) in [5.74, 6) is -0.908. The van der Waals surface area contributed by atoms with Crippen LogP contribution in [-0.4, -0.2) is 84.6 Å². The molecule has 2 heterocycles. The monoisotopic (exact) mass is 707 g/mol. The number of pyridine rings is 1. The van der Waals surface area contributed by atoms with E-state index in [1.54, 1.807) is 19.4 Å². The Morgan fingerprint density at radius 3 is 2.38 bits per heavy atom. The number of amides is 4. The summed E-state index contributed by atoms with van der Waals surface area (Å²) in [4.78, 5) is 61.4. The minimum Gasteiger partial charge on any atom is -0.497 e. The second-order valence-electron chi connectivity index (χ2n) is 15.7. The lowest BCUT2D eigenvalue weighted by Gasteiger charge is -2.57. The number of carbonyl (C=O) groups is 4. The highest BCUT2D eigenvalue weighted by atomic mass is 32.2. The van der Waals surface area contributed by atoms with Crippen molar-refractivity contribution in [1.29, 1.82) is 0 Å². The number of carbonyl (C=O) groups excluding carboxylic acids is 4. The maximum Gasteiger partial charge on any atom is 0.259 e. The minimum absolute atomic E-state index is 0.0163. The molecule has 2 bridgehead atoms. The molecule has 1 unspecified atom stereocenters. The Labute approximate surface area is 292 Å². The van der Waals surface area contributed by atoms with Crippen LogP contribution in [0, 0.1) is 29.1 Å². The lowest BCUT2D eigenvalue weighted by Crippen LogP contribution is -2.63. The number of aromatic nitrogens is 1. The summed E-state index contributed by atoms with van der Waals surface area (Å²) in [7, 11) is -2.30. The maximum absolute atomic E-state index is 14.5. The standard InChI is InChI=1S/C36H45N5O8S/c1-6-22-17-36(22,34(45)40-50(46,47)25-8-9-25)39-30(42)27-16-24(49-32-26-10-7-23(48-5)15-19(26)11-12-37-32)18-41(27)33(44)29(35(2,3)4)38-31(43)28-20-13-21(28)14-20/h6-7,10-12,15,20-22,24-25,27-29H,1,8-9,13-14,16-18H2,2-5H3,(H,38,43)(H,39,42)(H,40,45)/t20?,21?,22-,24?,27+,28?,29-,36-/m1/s1. The van der Waals surface area contributed by atoms with Gasteiger partial charge in [0.15, 0.2) is 0 Å². The van der Waals surface area contributed by atoms with Crippen LogP contribution in [0.5, 0.6) is 11.6 Å². The van der Waals surface area contributed by atoms with E-state index < -0.39 is 68.1 Å². The number of sulfonamides is 1. The minimum atomic E-state index is -3.88. The van der Waals surface area contributed by atoms with Crippen LogP contribution in [0.1, 0.15) is 59.3 Å². The molecule has 1 aromatic carbocycles. The average Bonchev–Trinajstić information content (AvgIpc) is 3.94. The fourth-order valence-corrected chi connectivity index (χ4v) is 9.03. The van der Waals surface area contributed by atoms with Crippen LogP contribution in [0.25, 0.3) is 10.8 Å². The topological polar surface area (TPSA) is 173 Å². The number of fused-ring (bicyclic) bond motifs is 1. The van der Waals surface area contributed by atoms with Gasteiger partial charge in [-0.2, -0.15) is 0 Å². The third-order valence-corrected chi connectivity index (χ3v) is 13.1. The van der Waals surface area contributed by atoms with E-state index in [-0.39, 0.29) is 31.2 Å². The lowest BCUT2D eigenvalue weighted by molar-refractivity contribution is -0.157. The number of hydrogen-bond donors (Lipinski definition) is 3. The van der Waals surface area contributed by atoms with Gasteiger partial charge in [-0.05, 0) is 79.0 Å². The van der Waals surface area contributed by atoms with Crippen LogP contribution in [0.4, 0.5) is 0 Å². The van der Waals surface area contributed by atoms with Gasteiger partial charge in [0.05, 0.1) is 18.9 Å². The molecule has 50 heavy (non-hydrogen) atoms. The first-order valence-electron chi connectivity index (χ1n) is 17.4. The highest BCUT2D eigenvalue weighted by Crippen LogP contribution is 2.58. The zero-order valence-corrected chi connectivity index (χ0v) is 29.6. The first kappa shape index (κ1) is 34.3. The zero-order chi connectivity index (χ0) is 35.7. The van der Waals surface area contributed by atoms with Crippen molar-refractivity contribution in [2.24, 2.45) is 29.1 Å². The van der Waals surface area contributed by atoms with Crippen LogP contribution >= 0.6 is 0 Å². The Balaban J connectivity index is 1.16. The highest BCUT2D eigenvalue weighted by molar-refractivity contribution is 7.91. The number of nitrogens with zero attached hydrogens (tertiary/aromatic N) is 2. The molecule has 5 saturated carbocycles. The van der Waals surface area contributed by atoms with E-state index in [2.05, 4.69) is 26.9 Å². The predicted molar refractivity (Wildman–Crippen MR) is 183 cm³/mol. The van der Waals surface area contributed by atoms with Crippen molar-refractivity contribution in [1.82, 2.24) is 25.2 Å². The number of methoxy groups -OCH3 is 1. The van der Waals surface area contributed by atoms with Gasteiger partial charge in [0.2, 0.25) is 33.6 Å². The van der Waals surface area contributed by atoms with Crippen LogP contribution < -0.4 is 24.8 Å². The first-order chi connectivity index (χ1) is 23.6. The highest BCUT2D eigenvalue weighted by Gasteiger charge is 2.62. The summed E-state index contributed by atoms with van der Waals surface area (Å²) in [6.07, 6.45) is 5.72. The fraction of sp³-hybridized carbons (Fsp3) is 0.583. The largest absolute Gasteiger partial charge is 0.497 e. The SMILES string of the molecule is C=C[C@@H]1C[C@]1(NC(=O)[C@@H]1CC(Oc2nccc3cc(OC)ccc23)CN1C(=O)[C@@H](NC(=O)C1C2CC1C2)C(C)(C)C)C(=O)NS(=O)(=O)C1CC1. The van der Waals surface area contributed by atoms with Crippen molar-refractivity contribution in [3.05, 3.63) is 43.1 Å². The number of ether oxygens (including phenoxy) is 2. The molecule has 8 rings (SSSR count). The van der Waals surface area contributed by atoms with E-state index in [0.29, 0.717) is 36.3 Å². The molecule has 0 spiro atoms. The van der Waals surface area contributed by atoms with Crippen molar-refractivity contribution < 1.29 is 37.1 Å². The maximum atomic E-state index is 14.5. The van der Waals surface area contributed by atoms with Gasteiger partial charge in [0.25, 0.3) is 5.91 Å². The smallest absolute Gasteiger partial charge is 0.259 e. The molecule has 1 aromatic heterocycles. The normalized spacial score (nSPS) is 30.3. The molecular weight excluding hydrogens is 662 g/mol. The second-order valence-corrected chi connectivity index (χ2v) is 17.7. The Morgan fingerprint density at radius 2 is 1.80 bits per heavy atom. The molecule has 1 aliphatic heterocycles. The van der Waals surface area contributed by atoms with Crippen molar-refractivity contribution in [3.8, 4) is 11.6 Å². The van der Waals surface area contributed by atoms with Gasteiger partial charge < -0.3 is 25.0 Å². The van der Waals surface area contributed by atoms with Crippen LogP contribution in [0.15, 0.2) is 43.1 Å². The first-order valence-corrected chi connectivity index (χ1v) is 18.9. The van der Waals surface area contributed by atoms with Crippen molar-refractivity contribution in [3.63, 3.8) is 0 Å². The summed E-state index contributed by atoms with van der Waals surface area (Å²) in [6.45, 7) is 9.39. The molecule has 14 heteroatoms. The second kappa shape index (κ2) is 12.2. The molecule has 5 atom stereocenters. The summed E-state index contributed by atoms with van der Waals surface area (Å²) in [5, 5.41) is 6.76. The summed E-state index contributed by atoms with van der Waals surface area (Å²) < 4.78 is 39.3. The van der Waals surface area contributed by atoms with E-state index in [1.165, 1.54) is 11.0 Å². The molecule has 2 aromatic rings. The van der Waals surface area contributed by atoms with Crippen molar-refractivity contribution in [2.75, 3.05) is 13.7 Å². The molecule has 3 N–H and O–H groups in total. The number of likely N-dealkylation sites (tertiary alicyclic amines) is 1. The van der Waals surface area contributed by atoms with E-state index in [0.717, 1.165) is 23.6 Å². The Kier molecular flexibility index (Phi) is 8.39. The zero-order valence-electron chi connectivity index (χ0n) is 28.8. The number of rotatable bonds is 12. The molecule has 1 saturated heterocycles. The van der Waals surface area contributed by atoms with Gasteiger partial charge in [0.1, 0.15) is 29.5 Å². The summed E-state index contributed by atoms with van der Waals surface area (Å²) >= 11 is 0. The molecule has 6 fully saturated rings. The van der Waals surface area contributed by atoms with Gasteiger partial charge in [0, 0.05) is 29.8 Å². The van der Waals surface area contributed by atoms with E-state index in [4.69, 9.17) is 9.47 Å². The fourth-order valence-electron chi connectivity index (χ4n) is 7.67. The predicted octanol–water partition coefficient (Wildman–Crippen LogP) is 2.45. The van der Waals surface area contributed by atoms with Gasteiger partial charge in [-0.1, -0.05) is 26.8 Å². The molecule has 5 aliphatic carbocycles. The van der Waals surface area contributed by atoms with E-state index >= 15 is 0 Å². The molecule has 6 aliphatic rings. The molecular formula is C36H45N5O8S. The van der Waals surface area contributed by atoms with Crippen LogP contribution in [0.3, 0.4) is 0 Å². The average molecular weight is 708 g/mol. The Hall–Kier alpha value is -4.20. The molecule has 4 amide bonds. The van der Waals surface area contributed by atoms with Crippen LogP contribution in [-0.2, 0) is 29.2 Å². The van der Waals surface area contributed by atoms with Gasteiger partial charge in [-0.3, -0.25) is 23.9 Å². The third-order valence-electron chi connectivity index (χ3n) is 11.2. The third kappa shape index (κ3) is 6.09. The van der Waals surface area contributed by atoms with Gasteiger partial charge in [-0.15, -0.1) is 6.58 Å².